The number of unbranched alkanes of at least 4 members (excludes halogenated alkanes) is 1. The monoisotopic (exact) mass is 372 g/mol. The lowest BCUT2D eigenvalue weighted by Crippen LogP contribution is -1.90. The van der Waals surface area contributed by atoms with Crippen molar-refractivity contribution < 1.29 is 8.78 Å². The lowest BCUT2D eigenvalue weighted by atomic mass is 9.96. The van der Waals surface area contributed by atoms with Crippen LogP contribution in [0.5, 0.6) is 0 Å². The van der Waals surface area contributed by atoms with Crippen molar-refractivity contribution in [2.24, 2.45) is 0 Å². The van der Waals surface area contributed by atoms with Crippen LogP contribution in [0.2, 0.25) is 0 Å². The molecule has 0 bridgehead atoms. The Kier molecular flexibility index (Phi) is 5.21. The van der Waals surface area contributed by atoms with Gasteiger partial charge in [-0.2, -0.15) is 0 Å². The third-order valence-electron chi connectivity index (χ3n) is 5.21. The fourth-order valence-electron chi connectivity index (χ4n) is 3.59. The van der Waals surface area contributed by atoms with Gasteiger partial charge in [-0.15, -0.1) is 0 Å². The lowest BCUT2D eigenvalue weighted by molar-refractivity contribution is 0.628. The minimum Gasteiger partial charge on any atom is -0.207 e. The molecule has 0 radical (unpaired) electrons. The van der Waals surface area contributed by atoms with Crippen LogP contribution in [-0.4, -0.2) is 0 Å². The summed E-state index contributed by atoms with van der Waals surface area (Å²) in [7, 11) is 0. The predicted octanol–water partition coefficient (Wildman–Crippen LogP) is 7.79. The standard InChI is InChI=1S/C26H22F2/c1-2-3-4-18-5-15-25-22(17-18)12-16-24(26(25)28)21-8-6-19(7-9-21)20-10-13-23(27)14-11-20/h5-17H,2-4H2,1H3. The van der Waals surface area contributed by atoms with E-state index >= 15 is 4.39 Å². The Morgan fingerprint density at radius 1 is 0.679 bits per heavy atom. The molecule has 0 amide bonds. The fourth-order valence-corrected chi connectivity index (χ4v) is 3.59. The molecule has 0 N–H and O–H groups in total. The van der Waals surface area contributed by atoms with E-state index in [2.05, 4.69) is 13.0 Å². The zero-order valence-corrected chi connectivity index (χ0v) is 15.9. The summed E-state index contributed by atoms with van der Waals surface area (Å²) in [6, 6.07) is 24.0. The Balaban J connectivity index is 1.66. The van der Waals surface area contributed by atoms with Gasteiger partial charge in [-0.1, -0.05) is 80.1 Å². The van der Waals surface area contributed by atoms with Crippen molar-refractivity contribution >= 4 is 10.8 Å². The van der Waals surface area contributed by atoms with Gasteiger partial charge < -0.3 is 0 Å². The van der Waals surface area contributed by atoms with Gasteiger partial charge in [0.2, 0.25) is 0 Å². The molecule has 0 fully saturated rings. The largest absolute Gasteiger partial charge is 0.207 e. The third kappa shape index (κ3) is 3.68. The molecule has 0 heterocycles. The van der Waals surface area contributed by atoms with Crippen molar-refractivity contribution in [2.75, 3.05) is 0 Å². The molecule has 0 atom stereocenters. The van der Waals surface area contributed by atoms with E-state index < -0.39 is 0 Å². The first-order valence-electron chi connectivity index (χ1n) is 9.73. The molecule has 0 saturated carbocycles. The molecule has 0 aromatic heterocycles. The summed E-state index contributed by atoms with van der Waals surface area (Å²) in [4.78, 5) is 0. The zero-order valence-electron chi connectivity index (χ0n) is 15.9. The number of hydrogen-bond donors (Lipinski definition) is 0. The van der Waals surface area contributed by atoms with Crippen LogP contribution in [0, 0.1) is 11.6 Å². The first-order chi connectivity index (χ1) is 13.7. The summed E-state index contributed by atoms with van der Waals surface area (Å²) in [6.45, 7) is 2.17. The van der Waals surface area contributed by atoms with E-state index in [1.165, 1.54) is 17.7 Å². The summed E-state index contributed by atoms with van der Waals surface area (Å²) in [5.74, 6) is -0.439. The van der Waals surface area contributed by atoms with Gasteiger partial charge in [0.1, 0.15) is 11.6 Å². The van der Waals surface area contributed by atoms with Crippen molar-refractivity contribution in [1.29, 1.82) is 0 Å². The number of hydrogen-bond acceptors (Lipinski definition) is 0. The van der Waals surface area contributed by atoms with Crippen molar-refractivity contribution in [1.82, 2.24) is 0 Å². The van der Waals surface area contributed by atoms with Gasteiger partial charge in [0.15, 0.2) is 0 Å². The first-order valence-corrected chi connectivity index (χ1v) is 9.73. The fraction of sp³-hybridized carbons (Fsp3) is 0.154. The van der Waals surface area contributed by atoms with Crippen molar-refractivity contribution in [3.05, 3.63) is 96.1 Å². The van der Waals surface area contributed by atoms with Gasteiger partial charge in [0.05, 0.1) is 0 Å². The molecule has 0 unspecified atom stereocenters. The number of aryl methyl sites for hydroxylation is 1. The number of rotatable bonds is 5. The topological polar surface area (TPSA) is 0 Å². The molecule has 4 aromatic rings. The third-order valence-corrected chi connectivity index (χ3v) is 5.21. The van der Waals surface area contributed by atoms with Gasteiger partial charge in [-0.25, -0.2) is 8.78 Å². The van der Waals surface area contributed by atoms with Crippen molar-refractivity contribution in [3.8, 4) is 22.3 Å². The molecule has 0 aliphatic carbocycles. The van der Waals surface area contributed by atoms with E-state index in [0.717, 1.165) is 41.3 Å². The SMILES string of the molecule is CCCCc1ccc2c(F)c(-c3ccc(-c4ccc(F)cc4)cc3)ccc2c1. The van der Waals surface area contributed by atoms with Gasteiger partial charge in [-0.05, 0) is 52.6 Å². The summed E-state index contributed by atoms with van der Waals surface area (Å²) < 4.78 is 28.3. The van der Waals surface area contributed by atoms with Crippen LogP contribution in [0.3, 0.4) is 0 Å². The van der Waals surface area contributed by atoms with Crippen LogP contribution in [0.25, 0.3) is 33.0 Å². The van der Waals surface area contributed by atoms with E-state index in [4.69, 9.17) is 0 Å². The number of halogens is 2. The zero-order chi connectivity index (χ0) is 19.5. The molecular weight excluding hydrogens is 350 g/mol. The van der Waals surface area contributed by atoms with Crippen LogP contribution < -0.4 is 0 Å². The molecule has 0 saturated heterocycles. The van der Waals surface area contributed by atoms with E-state index in [-0.39, 0.29) is 11.6 Å². The van der Waals surface area contributed by atoms with Gasteiger partial charge in [-0.3, -0.25) is 0 Å². The summed E-state index contributed by atoms with van der Waals surface area (Å²) in [5, 5.41) is 1.60. The maximum Gasteiger partial charge on any atom is 0.138 e. The van der Waals surface area contributed by atoms with Crippen LogP contribution in [0.1, 0.15) is 25.3 Å². The highest BCUT2D eigenvalue weighted by molar-refractivity contribution is 5.89. The van der Waals surface area contributed by atoms with Crippen molar-refractivity contribution in [2.45, 2.75) is 26.2 Å². The average Bonchev–Trinajstić information content (AvgIpc) is 2.73. The van der Waals surface area contributed by atoms with Crippen LogP contribution in [-0.2, 0) is 6.42 Å². The Morgan fingerprint density at radius 3 is 2.00 bits per heavy atom. The predicted molar refractivity (Wildman–Crippen MR) is 113 cm³/mol. The Bertz CT molecular complexity index is 1090. The van der Waals surface area contributed by atoms with E-state index in [9.17, 15) is 4.39 Å². The molecule has 0 spiro atoms. The van der Waals surface area contributed by atoms with E-state index in [1.54, 1.807) is 12.1 Å². The van der Waals surface area contributed by atoms with Crippen LogP contribution in [0.15, 0.2) is 78.9 Å². The van der Waals surface area contributed by atoms with Crippen LogP contribution in [0.4, 0.5) is 8.78 Å². The first kappa shape index (κ1) is 18.4. The minimum absolute atomic E-state index is 0.186. The van der Waals surface area contributed by atoms with E-state index in [1.807, 2.05) is 48.5 Å². The molecule has 0 nitrogen and oxygen atoms in total. The van der Waals surface area contributed by atoms with Crippen molar-refractivity contribution in [3.63, 3.8) is 0 Å². The Labute approximate surface area is 164 Å². The highest BCUT2D eigenvalue weighted by Crippen LogP contribution is 2.31. The maximum absolute atomic E-state index is 15.2. The second-order valence-corrected chi connectivity index (χ2v) is 7.17. The molecule has 140 valence electrons. The smallest absolute Gasteiger partial charge is 0.138 e. The highest BCUT2D eigenvalue weighted by atomic mass is 19.1. The highest BCUT2D eigenvalue weighted by Gasteiger charge is 2.10. The maximum atomic E-state index is 15.2. The minimum atomic E-state index is -0.253. The second kappa shape index (κ2) is 7.93. The average molecular weight is 372 g/mol. The quantitative estimate of drug-likeness (QED) is 0.335. The number of fused-ring (bicyclic) bond motifs is 1. The molecule has 0 aliphatic heterocycles. The van der Waals surface area contributed by atoms with Gasteiger partial charge >= 0.3 is 0 Å². The Hall–Kier alpha value is -3.00. The number of benzene rings is 4. The summed E-state index contributed by atoms with van der Waals surface area (Å²) >= 11 is 0. The summed E-state index contributed by atoms with van der Waals surface area (Å²) in [6.07, 6.45) is 3.33. The van der Waals surface area contributed by atoms with Crippen LogP contribution >= 0.6 is 0 Å². The molecule has 28 heavy (non-hydrogen) atoms. The van der Waals surface area contributed by atoms with Gasteiger partial charge in [0.25, 0.3) is 0 Å². The normalized spacial score (nSPS) is 11.1. The molecule has 4 rings (SSSR count). The van der Waals surface area contributed by atoms with E-state index in [0.29, 0.717) is 10.9 Å². The second-order valence-electron chi connectivity index (χ2n) is 7.17. The summed E-state index contributed by atoms with van der Waals surface area (Å²) in [5.41, 5.74) is 4.60. The molecule has 4 aromatic carbocycles. The molecule has 2 heteroatoms. The Morgan fingerprint density at radius 2 is 1.32 bits per heavy atom. The molecular formula is C26H22F2. The molecule has 0 aliphatic rings. The van der Waals surface area contributed by atoms with Gasteiger partial charge in [0, 0.05) is 10.9 Å². The lowest BCUT2D eigenvalue weighted by Gasteiger charge is -2.10.